The number of nitrogen functional groups attached to an aromatic ring is 1. The molecule has 0 bridgehead atoms. The lowest BCUT2D eigenvalue weighted by atomic mass is 9.84. The first-order chi connectivity index (χ1) is 13.9. The summed E-state index contributed by atoms with van der Waals surface area (Å²) in [6.45, 7) is 1.90. The van der Waals surface area contributed by atoms with Gasteiger partial charge in [-0.25, -0.2) is 17.4 Å². The largest absolute Gasteiger partial charge is 0.380 e. The summed E-state index contributed by atoms with van der Waals surface area (Å²) in [5.74, 6) is -0.0255. The normalized spacial score (nSPS) is 18.0. The maximum Gasteiger partial charge on any atom is 0.244 e. The Balaban J connectivity index is 1.87. The molecule has 3 aromatic rings. The highest BCUT2D eigenvalue weighted by atomic mass is 32.2. The second kappa shape index (κ2) is 7.46. The number of nitrogens with zero attached hydrogens (tertiary/aromatic N) is 2. The van der Waals surface area contributed by atoms with E-state index >= 15 is 0 Å². The van der Waals surface area contributed by atoms with Crippen LogP contribution in [0, 0.1) is 0 Å². The Labute approximate surface area is 171 Å². The maximum atomic E-state index is 13.4. The summed E-state index contributed by atoms with van der Waals surface area (Å²) >= 11 is 0. The standard InChI is InChI=1S/C22H27N3O3S/c1-2-22(26,16-9-5-3-6-10-16)17-13-14-19-20(15-17)25(21(23)24-19)29(27,28)18-11-7-4-8-12-18/h3,5-6,9-10,13-15,18,26H,2,4,7-8,11-12H2,1H3,(H2,23,24). The Morgan fingerprint density at radius 3 is 2.45 bits per heavy atom. The molecule has 29 heavy (non-hydrogen) atoms. The van der Waals surface area contributed by atoms with Crippen LogP contribution in [-0.2, 0) is 15.6 Å². The molecule has 0 radical (unpaired) electrons. The smallest absolute Gasteiger partial charge is 0.244 e. The van der Waals surface area contributed by atoms with Gasteiger partial charge in [-0.05, 0) is 42.5 Å². The van der Waals surface area contributed by atoms with Crippen molar-refractivity contribution in [2.24, 2.45) is 0 Å². The molecule has 2 aromatic carbocycles. The molecule has 0 aliphatic heterocycles. The molecule has 3 N–H and O–H groups in total. The van der Waals surface area contributed by atoms with Gasteiger partial charge in [-0.1, -0.05) is 62.6 Å². The lowest BCUT2D eigenvalue weighted by Gasteiger charge is -2.28. The first-order valence-electron chi connectivity index (χ1n) is 10.2. The zero-order valence-electron chi connectivity index (χ0n) is 16.6. The molecule has 1 aromatic heterocycles. The van der Waals surface area contributed by atoms with E-state index in [4.69, 9.17) is 5.73 Å². The number of benzene rings is 2. The minimum absolute atomic E-state index is 0.0255. The predicted octanol–water partition coefficient (Wildman–Crippen LogP) is 3.78. The highest BCUT2D eigenvalue weighted by molar-refractivity contribution is 7.90. The monoisotopic (exact) mass is 413 g/mol. The van der Waals surface area contributed by atoms with Crippen LogP contribution in [0.2, 0.25) is 0 Å². The minimum Gasteiger partial charge on any atom is -0.380 e. The van der Waals surface area contributed by atoms with Crippen LogP contribution in [0.5, 0.6) is 0 Å². The lowest BCUT2D eigenvalue weighted by molar-refractivity contribution is 0.0766. The van der Waals surface area contributed by atoms with Gasteiger partial charge in [0.15, 0.2) is 0 Å². The second-order valence-corrected chi connectivity index (χ2v) is 9.88. The number of aromatic nitrogens is 2. The van der Waals surface area contributed by atoms with Crippen LogP contribution in [0.4, 0.5) is 5.95 Å². The van der Waals surface area contributed by atoms with Crippen LogP contribution in [-0.4, -0.2) is 27.7 Å². The highest BCUT2D eigenvalue weighted by Crippen LogP contribution is 2.36. The molecule has 154 valence electrons. The van der Waals surface area contributed by atoms with Crippen molar-refractivity contribution in [3.8, 4) is 0 Å². The third-order valence-electron chi connectivity index (χ3n) is 6.11. The Bertz CT molecular complexity index is 1120. The zero-order valence-corrected chi connectivity index (χ0v) is 17.4. The summed E-state index contributed by atoms with van der Waals surface area (Å²) < 4.78 is 27.9. The van der Waals surface area contributed by atoms with Crippen LogP contribution < -0.4 is 5.73 Å². The average molecular weight is 414 g/mol. The lowest BCUT2D eigenvalue weighted by Crippen LogP contribution is -2.30. The molecular weight excluding hydrogens is 386 g/mol. The van der Waals surface area contributed by atoms with Crippen LogP contribution >= 0.6 is 0 Å². The van der Waals surface area contributed by atoms with E-state index in [2.05, 4.69) is 4.98 Å². The van der Waals surface area contributed by atoms with Gasteiger partial charge in [-0.15, -0.1) is 0 Å². The van der Waals surface area contributed by atoms with Crippen molar-refractivity contribution in [1.82, 2.24) is 8.96 Å². The van der Waals surface area contributed by atoms with Crippen LogP contribution in [0.3, 0.4) is 0 Å². The van der Waals surface area contributed by atoms with Crippen molar-refractivity contribution in [1.29, 1.82) is 0 Å². The van der Waals surface area contributed by atoms with E-state index in [0.29, 0.717) is 35.9 Å². The fourth-order valence-electron chi connectivity index (χ4n) is 4.40. The minimum atomic E-state index is -3.66. The summed E-state index contributed by atoms with van der Waals surface area (Å²) in [6.07, 6.45) is 4.61. The van der Waals surface area contributed by atoms with Crippen LogP contribution in [0.15, 0.2) is 48.5 Å². The SMILES string of the molecule is CCC(O)(c1ccccc1)c1ccc2nc(N)n(S(=O)(=O)C3CCCCC3)c2c1. The van der Waals surface area contributed by atoms with E-state index in [1.54, 1.807) is 18.2 Å². The number of hydrogen-bond acceptors (Lipinski definition) is 5. The number of aliphatic hydroxyl groups is 1. The van der Waals surface area contributed by atoms with Crippen LogP contribution in [0.25, 0.3) is 11.0 Å². The molecule has 1 atom stereocenters. The van der Waals surface area contributed by atoms with Gasteiger partial charge in [0.1, 0.15) is 5.60 Å². The summed E-state index contributed by atoms with van der Waals surface area (Å²) in [4.78, 5) is 4.28. The Morgan fingerprint density at radius 2 is 1.79 bits per heavy atom. The fraction of sp³-hybridized carbons (Fsp3) is 0.409. The molecule has 1 fully saturated rings. The van der Waals surface area contributed by atoms with Crippen molar-refractivity contribution in [2.75, 3.05) is 5.73 Å². The third-order valence-corrected chi connectivity index (χ3v) is 8.31. The molecule has 6 nitrogen and oxygen atoms in total. The number of nitrogens with two attached hydrogens (primary N) is 1. The Hall–Kier alpha value is -2.38. The summed E-state index contributed by atoms with van der Waals surface area (Å²) in [5.41, 5.74) is 7.15. The average Bonchev–Trinajstić information content (AvgIpc) is 3.10. The fourth-order valence-corrected chi connectivity index (χ4v) is 6.35. The van der Waals surface area contributed by atoms with Crippen molar-refractivity contribution in [3.05, 3.63) is 59.7 Å². The summed E-state index contributed by atoms with van der Waals surface area (Å²) in [6, 6.07) is 14.6. The zero-order chi connectivity index (χ0) is 20.6. The number of rotatable bonds is 5. The van der Waals surface area contributed by atoms with Gasteiger partial charge in [-0.2, -0.15) is 0 Å². The number of anilines is 1. The molecule has 4 rings (SSSR count). The molecule has 0 saturated heterocycles. The maximum absolute atomic E-state index is 13.4. The van der Waals surface area contributed by atoms with Crippen molar-refractivity contribution < 1.29 is 13.5 Å². The number of imidazole rings is 1. The van der Waals surface area contributed by atoms with Gasteiger partial charge in [0, 0.05) is 0 Å². The van der Waals surface area contributed by atoms with E-state index in [9.17, 15) is 13.5 Å². The molecule has 1 aliphatic rings. The molecule has 1 aliphatic carbocycles. The van der Waals surface area contributed by atoms with Gasteiger partial charge in [0.2, 0.25) is 16.0 Å². The van der Waals surface area contributed by atoms with Gasteiger partial charge < -0.3 is 10.8 Å². The first-order valence-corrected chi connectivity index (χ1v) is 11.7. The van der Waals surface area contributed by atoms with E-state index < -0.39 is 20.9 Å². The van der Waals surface area contributed by atoms with Crippen molar-refractivity contribution >= 4 is 27.0 Å². The molecule has 1 heterocycles. The summed E-state index contributed by atoms with van der Waals surface area (Å²) in [5, 5.41) is 11.0. The van der Waals surface area contributed by atoms with Gasteiger partial charge in [0.25, 0.3) is 0 Å². The van der Waals surface area contributed by atoms with E-state index in [0.717, 1.165) is 24.8 Å². The molecule has 1 unspecified atom stereocenters. The number of fused-ring (bicyclic) bond motifs is 1. The van der Waals surface area contributed by atoms with Gasteiger partial charge >= 0.3 is 0 Å². The molecule has 1 saturated carbocycles. The van der Waals surface area contributed by atoms with E-state index in [-0.39, 0.29) is 5.95 Å². The highest BCUT2D eigenvalue weighted by Gasteiger charge is 2.34. The molecule has 0 spiro atoms. The quantitative estimate of drug-likeness (QED) is 0.663. The van der Waals surface area contributed by atoms with Gasteiger partial charge in [-0.3, -0.25) is 0 Å². The Kier molecular flexibility index (Phi) is 5.12. The van der Waals surface area contributed by atoms with Crippen LogP contribution in [0.1, 0.15) is 56.6 Å². The predicted molar refractivity (Wildman–Crippen MR) is 115 cm³/mol. The molecule has 7 heteroatoms. The number of hydrogen-bond donors (Lipinski definition) is 2. The van der Waals surface area contributed by atoms with E-state index in [1.807, 2.05) is 37.3 Å². The van der Waals surface area contributed by atoms with Crippen molar-refractivity contribution in [3.63, 3.8) is 0 Å². The molecular formula is C22H27N3O3S. The Morgan fingerprint density at radius 1 is 1.10 bits per heavy atom. The van der Waals surface area contributed by atoms with Gasteiger partial charge in [0.05, 0.1) is 16.3 Å². The third kappa shape index (κ3) is 3.32. The molecule has 0 amide bonds. The van der Waals surface area contributed by atoms with Crippen molar-refractivity contribution in [2.45, 2.75) is 56.3 Å². The first kappa shape index (κ1) is 19.9. The topological polar surface area (TPSA) is 98.2 Å². The van der Waals surface area contributed by atoms with E-state index in [1.165, 1.54) is 3.97 Å². The summed E-state index contributed by atoms with van der Waals surface area (Å²) in [7, 11) is -3.66. The second-order valence-electron chi connectivity index (χ2n) is 7.82.